The van der Waals surface area contributed by atoms with Crippen molar-refractivity contribution in [2.75, 3.05) is 20.3 Å². The third kappa shape index (κ3) is 4.98. The van der Waals surface area contributed by atoms with Crippen LogP contribution in [0.15, 0.2) is 60.8 Å². The average molecular weight is 380 g/mol. The Bertz CT molecular complexity index is 934. The third-order valence-corrected chi connectivity index (χ3v) is 4.41. The molecular weight excluding hydrogens is 356 g/mol. The van der Waals surface area contributed by atoms with E-state index in [0.717, 1.165) is 22.9 Å². The van der Waals surface area contributed by atoms with Crippen LogP contribution in [0.3, 0.4) is 0 Å². The second-order valence-corrected chi connectivity index (χ2v) is 6.42. The molecule has 6 heteroatoms. The molecule has 28 heavy (non-hydrogen) atoms. The van der Waals surface area contributed by atoms with E-state index in [9.17, 15) is 9.59 Å². The Hall–Kier alpha value is -3.12. The maximum Gasteiger partial charge on any atom is 0.340 e. The summed E-state index contributed by atoms with van der Waals surface area (Å²) >= 11 is 0. The predicted molar refractivity (Wildman–Crippen MR) is 107 cm³/mol. The lowest BCUT2D eigenvalue weighted by Crippen LogP contribution is -2.28. The van der Waals surface area contributed by atoms with E-state index in [1.165, 1.54) is 7.11 Å². The van der Waals surface area contributed by atoms with Crippen LogP contribution in [-0.4, -0.2) is 36.7 Å². The zero-order valence-corrected chi connectivity index (χ0v) is 15.9. The molecule has 0 aliphatic rings. The summed E-state index contributed by atoms with van der Waals surface area (Å²) in [5.41, 5.74) is 2.41. The number of nitrogens with one attached hydrogen (secondary N) is 1. The van der Waals surface area contributed by atoms with E-state index < -0.39 is 5.97 Å². The molecule has 2 aromatic carbocycles. The summed E-state index contributed by atoms with van der Waals surface area (Å²) in [6.07, 6.45) is 2.40. The number of carbonyl (C=O) groups is 2. The molecule has 0 atom stereocenters. The molecule has 6 nitrogen and oxygen atoms in total. The van der Waals surface area contributed by atoms with Gasteiger partial charge in [0, 0.05) is 30.3 Å². The molecule has 3 aromatic rings. The Labute approximate surface area is 164 Å². The smallest absolute Gasteiger partial charge is 0.340 e. The molecule has 0 fully saturated rings. The van der Waals surface area contributed by atoms with Gasteiger partial charge in [-0.3, -0.25) is 4.79 Å². The summed E-state index contributed by atoms with van der Waals surface area (Å²) in [6, 6.07) is 17.4. The van der Waals surface area contributed by atoms with Crippen molar-refractivity contribution >= 4 is 22.8 Å². The van der Waals surface area contributed by atoms with Gasteiger partial charge in [0.05, 0.1) is 19.3 Å². The van der Waals surface area contributed by atoms with E-state index in [0.29, 0.717) is 25.3 Å². The molecule has 0 bridgehead atoms. The molecule has 3 rings (SSSR count). The van der Waals surface area contributed by atoms with Gasteiger partial charge in [-0.25, -0.2) is 4.79 Å². The first-order valence-electron chi connectivity index (χ1n) is 9.23. The highest BCUT2D eigenvalue weighted by molar-refractivity contribution is 6.04. The second kappa shape index (κ2) is 9.71. The lowest BCUT2D eigenvalue weighted by atomic mass is 10.2. The number of para-hydroxylation sites is 1. The monoisotopic (exact) mass is 380 g/mol. The van der Waals surface area contributed by atoms with Crippen LogP contribution >= 0.6 is 0 Å². The molecule has 0 aliphatic carbocycles. The van der Waals surface area contributed by atoms with E-state index in [2.05, 4.69) is 5.32 Å². The predicted octanol–water partition coefficient (Wildman–Crippen LogP) is 3.15. The van der Waals surface area contributed by atoms with E-state index in [1.807, 2.05) is 54.6 Å². The minimum atomic E-state index is -0.411. The van der Waals surface area contributed by atoms with Crippen LogP contribution in [0.4, 0.5) is 0 Å². The summed E-state index contributed by atoms with van der Waals surface area (Å²) in [6.45, 7) is 1.83. The van der Waals surface area contributed by atoms with Gasteiger partial charge in [-0.2, -0.15) is 0 Å². The van der Waals surface area contributed by atoms with Gasteiger partial charge in [0.1, 0.15) is 6.54 Å². The van der Waals surface area contributed by atoms with Gasteiger partial charge >= 0.3 is 5.97 Å². The molecule has 1 heterocycles. The molecule has 1 N–H and O–H groups in total. The number of fused-ring (bicyclic) bond motifs is 1. The van der Waals surface area contributed by atoms with Gasteiger partial charge in [0.2, 0.25) is 5.91 Å². The Kier molecular flexibility index (Phi) is 6.81. The first kappa shape index (κ1) is 19.6. The van der Waals surface area contributed by atoms with E-state index in [1.54, 1.807) is 10.8 Å². The summed E-state index contributed by atoms with van der Waals surface area (Å²) in [4.78, 5) is 24.2. The zero-order chi connectivity index (χ0) is 19.8. The summed E-state index contributed by atoms with van der Waals surface area (Å²) in [5.74, 6) is -0.522. The topological polar surface area (TPSA) is 69.6 Å². The van der Waals surface area contributed by atoms with Crippen LogP contribution in [0.2, 0.25) is 0 Å². The number of methoxy groups -OCH3 is 1. The quantitative estimate of drug-likeness (QED) is 0.457. The van der Waals surface area contributed by atoms with Gasteiger partial charge in [-0.05, 0) is 18.1 Å². The number of nitrogens with zero attached hydrogens (tertiary/aromatic N) is 1. The zero-order valence-electron chi connectivity index (χ0n) is 15.9. The van der Waals surface area contributed by atoms with Gasteiger partial charge in [0.15, 0.2) is 0 Å². The molecular formula is C22H24N2O4. The molecule has 0 saturated heterocycles. The Morgan fingerprint density at radius 2 is 1.79 bits per heavy atom. The van der Waals surface area contributed by atoms with Crippen molar-refractivity contribution in [3.63, 3.8) is 0 Å². The summed E-state index contributed by atoms with van der Waals surface area (Å²) in [5, 5.41) is 3.67. The van der Waals surface area contributed by atoms with Crippen LogP contribution in [-0.2, 0) is 27.4 Å². The number of rotatable bonds is 9. The molecule has 0 radical (unpaired) electrons. The van der Waals surface area contributed by atoms with Crippen LogP contribution in [0.5, 0.6) is 0 Å². The third-order valence-electron chi connectivity index (χ3n) is 4.41. The Morgan fingerprint density at radius 1 is 1.04 bits per heavy atom. The number of benzene rings is 2. The highest BCUT2D eigenvalue weighted by Gasteiger charge is 2.16. The van der Waals surface area contributed by atoms with E-state index in [-0.39, 0.29) is 12.5 Å². The summed E-state index contributed by atoms with van der Waals surface area (Å²) < 4.78 is 12.2. The first-order valence-corrected chi connectivity index (χ1v) is 9.23. The molecule has 1 amide bonds. The second-order valence-electron chi connectivity index (χ2n) is 6.42. The molecule has 0 spiro atoms. The lowest BCUT2D eigenvalue weighted by molar-refractivity contribution is -0.121. The Balaban J connectivity index is 1.47. The number of carbonyl (C=O) groups excluding carboxylic acids is 2. The number of hydrogen-bond donors (Lipinski definition) is 1. The largest absolute Gasteiger partial charge is 0.465 e. The normalized spacial score (nSPS) is 10.8. The van der Waals surface area contributed by atoms with Crippen LogP contribution in [0.25, 0.3) is 10.9 Å². The highest BCUT2D eigenvalue weighted by atomic mass is 16.5. The highest BCUT2D eigenvalue weighted by Crippen LogP contribution is 2.21. The van der Waals surface area contributed by atoms with Crippen molar-refractivity contribution in [3.05, 3.63) is 71.9 Å². The fourth-order valence-corrected chi connectivity index (χ4v) is 3.03. The van der Waals surface area contributed by atoms with Crippen molar-refractivity contribution < 1.29 is 19.1 Å². The molecule has 0 unspecified atom stereocenters. The maximum absolute atomic E-state index is 12.3. The van der Waals surface area contributed by atoms with Crippen LogP contribution in [0, 0.1) is 0 Å². The number of aromatic nitrogens is 1. The molecule has 0 aliphatic heterocycles. The van der Waals surface area contributed by atoms with Crippen LogP contribution in [0.1, 0.15) is 22.3 Å². The fraction of sp³-hybridized carbons (Fsp3) is 0.273. The number of amides is 1. The minimum Gasteiger partial charge on any atom is -0.465 e. The van der Waals surface area contributed by atoms with Crippen molar-refractivity contribution in [3.8, 4) is 0 Å². The number of hydrogen-bond acceptors (Lipinski definition) is 4. The molecule has 1 aromatic heterocycles. The van der Waals surface area contributed by atoms with Gasteiger partial charge in [-0.1, -0.05) is 48.5 Å². The molecule has 146 valence electrons. The van der Waals surface area contributed by atoms with Gasteiger partial charge in [0.25, 0.3) is 0 Å². The van der Waals surface area contributed by atoms with Crippen LogP contribution < -0.4 is 5.32 Å². The van der Waals surface area contributed by atoms with Gasteiger partial charge in [-0.15, -0.1) is 0 Å². The minimum absolute atomic E-state index is 0.111. The first-order chi connectivity index (χ1) is 13.7. The van der Waals surface area contributed by atoms with Crippen molar-refractivity contribution in [2.24, 2.45) is 0 Å². The standard InChI is InChI=1S/C22H24N2O4/c1-27-22(26)19-14-24(20-11-6-5-10-18(19)20)15-21(25)23-12-7-13-28-16-17-8-3-2-4-9-17/h2-6,8-11,14H,7,12-13,15-16H2,1H3,(H,23,25). The fourth-order valence-electron chi connectivity index (χ4n) is 3.03. The van der Waals surface area contributed by atoms with Crippen molar-refractivity contribution in [1.29, 1.82) is 0 Å². The van der Waals surface area contributed by atoms with E-state index >= 15 is 0 Å². The number of ether oxygens (including phenoxy) is 2. The number of esters is 1. The lowest BCUT2D eigenvalue weighted by Gasteiger charge is -2.08. The maximum atomic E-state index is 12.3. The van der Waals surface area contributed by atoms with E-state index in [4.69, 9.17) is 9.47 Å². The van der Waals surface area contributed by atoms with Crippen molar-refractivity contribution in [2.45, 2.75) is 19.6 Å². The van der Waals surface area contributed by atoms with Crippen molar-refractivity contribution in [1.82, 2.24) is 9.88 Å². The summed E-state index contributed by atoms with van der Waals surface area (Å²) in [7, 11) is 1.35. The average Bonchev–Trinajstić information content (AvgIpc) is 3.09. The molecule has 0 saturated carbocycles. The SMILES string of the molecule is COC(=O)c1cn(CC(=O)NCCCOCc2ccccc2)c2ccccc12. The van der Waals surface area contributed by atoms with Gasteiger partial charge < -0.3 is 19.4 Å². The Morgan fingerprint density at radius 3 is 2.57 bits per heavy atom.